The third-order valence-corrected chi connectivity index (χ3v) is 13.4. The summed E-state index contributed by atoms with van der Waals surface area (Å²) < 4.78 is 64.6. The van der Waals surface area contributed by atoms with Crippen LogP contribution in [0.4, 0.5) is 0 Å². The molecule has 0 radical (unpaired) electrons. The van der Waals surface area contributed by atoms with Gasteiger partial charge >= 0.3 is 45.6 Å². The maximum Gasteiger partial charge on any atom is 0.354 e. The van der Waals surface area contributed by atoms with Crippen molar-refractivity contribution in [3.05, 3.63) is 0 Å². The highest BCUT2D eigenvalue weighted by atomic mass is 31.2. The van der Waals surface area contributed by atoms with Gasteiger partial charge in [0.15, 0.2) is 0 Å². The topological polar surface area (TPSA) is 381 Å². The summed E-state index contributed by atoms with van der Waals surface area (Å²) in [5.74, 6) is 0. The van der Waals surface area contributed by atoms with Crippen molar-refractivity contribution in [2.24, 2.45) is 0 Å². The molecule has 0 unspecified atom stereocenters. The highest BCUT2D eigenvalue weighted by Crippen LogP contribution is 2.59. The lowest BCUT2D eigenvalue weighted by Crippen LogP contribution is -2.38. The number of rotatable bonds is 13. The molecule has 0 aliphatic heterocycles. The standard InChI is InChI=1S/C4H16N2O12P4.C3H11NO6P2/c7-19(8,9)3(20(10,11)12)5-1-2-6-4(21(13,14)15)22(16,17)18;1-2-4-3(11(5,6)7)12(8,9)10/h3-6H,1-2H2,(H2,7,8,9)(H2,10,11,12)(H2,13,14,15)(H2,16,17,18);3-4H,2H2,1H3,(H2,5,6,7)(H2,8,9,10). The average molecular weight is 627 g/mol. The SMILES string of the molecule is CCNC(P(=O)(O)O)P(=O)(O)O.O=P(O)(O)C(NCCNC(P(=O)(O)O)P(=O)(O)O)P(=O)(O)O. The Hall–Kier alpha value is 0.780. The van der Waals surface area contributed by atoms with E-state index in [0.717, 1.165) is 0 Å². The molecule has 21 nitrogen and oxygen atoms in total. The molecule has 0 bridgehead atoms. The van der Waals surface area contributed by atoms with Crippen molar-refractivity contribution in [3.8, 4) is 0 Å². The normalized spacial score (nSPS) is 14.5. The average Bonchev–Trinajstić information content (AvgIpc) is 2.49. The van der Waals surface area contributed by atoms with Crippen LogP contribution in [0.15, 0.2) is 0 Å². The summed E-state index contributed by atoms with van der Waals surface area (Å²) in [7, 11) is -30.5. The molecule has 0 saturated carbocycles. The summed E-state index contributed by atoms with van der Waals surface area (Å²) in [5, 5.41) is 5.56. The first-order valence-electron chi connectivity index (χ1n) is 8.18. The first-order valence-corrected chi connectivity index (χ1v) is 18.3. The summed E-state index contributed by atoms with van der Waals surface area (Å²) in [5.41, 5.74) is -7.19. The van der Waals surface area contributed by atoms with E-state index in [9.17, 15) is 27.4 Å². The van der Waals surface area contributed by atoms with Crippen LogP contribution >= 0.6 is 45.6 Å². The highest BCUT2D eigenvalue weighted by Gasteiger charge is 2.45. The molecular weight excluding hydrogens is 600 g/mol. The molecule has 0 aliphatic rings. The molecule has 0 aliphatic carbocycles. The van der Waals surface area contributed by atoms with E-state index in [4.69, 9.17) is 58.7 Å². The Morgan fingerprint density at radius 3 is 0.735 bits per heavy atom. The molecule has 0 atom stereocenters. The van der Waals surface area contributed by atoms with Crippen LogP contribution in [0.25, 0.3) is 0 Å². The Morgan fingerprint density at radius 1 is 0.441 bits per heavy atom. The lowest BCUT2D eigenvalue weighted by atomic mass is 10.6. The van der Waals surface area contributed by atoms with E-state index >= 15 is 0 Å². The molecule has 208 valence electrons. The predicted octanol–water partition coefficient (Wildman–Crippen LogP) is -3.32. The zero-order chi connectivity index (χ0) is 28.0. The molecule has 0 aromatic rings. The minimum absolute atomic E-state index is 0.0703. The van der Waals surface area contributed by atoms with Crippen LogP contribution in [0.2, 0.25) is 0 Å². The monoisotopic (exact) mass is 627 g/mol. The Bertz CT molecular complexity index is 804. The molecule has 0 spiro atoms. The molecule has 0 fully saturated rings. The summed E-state index contributed by atoms with van der Waals surface area (Å²) in [6.07, 6.45) is 0. The molecule has 34 heavy (non-hydrogen) atoms. The molecule has 15 N–H and O–H groups in total. The van der Waals surface area contributed by atoms with Crippen LogP contribution in [0, 0.1) is 0 Å². The summed E-state index contributed by atoms with van der Waals surface area (Å²) in [6.45, 7) is 0.244. The second-order valence-corrected chi connectivity index (χ2v) is 17.5. The Morgan fingerprint density at radius 2 is 0.618 bits per heavy atom. The Balaban J connectivity index is 0. The smallest absolute Gasteiger partial charge is 0.323 e. The minimum Gasteiger partial charge on any atom is -0.323 e. The molecule has 0 heterocycles. The van der Waals surface area contributed by atoms with Crippen molar-refractivity contribution in [3.63, 3.8) is 0 Å². The fraction of sp³-hybridized carbons (Fsp3) is 1.00. The van der Waals surface area contributed by atoms with Crippen molar-refractivity contribution >= 4 is 45.6 Å². The van der Waals surface area contributed by atoms with E-state index in [1.165, 1.54) is 6.92 Å². The second kappa shape index (κ2) is 13.5. The second-order valence-electron chi connectivity index (χ2n) is 6.12. The summed E-state index contributed by atoms with van der Waals surface area (Å²) >= 11 is 0. The van der Waals surface area contributed by atoms with Crippen molar-refractivity contribution in [1.82, 2.24) is 16.0 Å². The van der Waals surface area contributed by atoms with Crippen molar-refractivity contribution < 1.29 is 86.1 Å². The van der Waals surface area contributed by atoms with E-state index in [0.29, 0.717) is 0 Å². The molecule has 0 amide bonds. The predicted molar refractivity (Wildman–Crippen MR) is 113 cm³/mol. The molecule has 27 heteroatoms. The van der Waals surface area contributed by atoms with Crippen LogP contribution in [0.3, 0.4) is 0 Å². The van der Waals surface area contributed by atoms with Gasteiger partial charge in [0.1, 0.15) is 0 Å². The minimum atomic E-state index is -5.24. The zero-order valence-electron chi connectivity index (χ0n) is 16.9. The van der Waals surface area contributed by atoms with Crippen LogP contribution in [0.1, 0.15) is 6.92 Å². The van der Waals surface area contributed by atoms with Gasteiger partial charge < -0.3 is 58.7 Å². The third kappa shape index (κ3) is 15.1. The number of hydrogen-bond donors (Lipinski definition) is 15. The fourth-order valence-corrected chi connectivity index (χ4v) is 8.90. The van der Waals surface area contributed by atoms with Gasteiger partial charge in [0.2, 0.25) is 16.6 Å². The molecular formula is C7H27N3O18P6. The lowest BCUT2D eigenvalue weighted by Gasteiger charge is -2.23. The van der Waals surface area contributed by atoms with Gasteiger partial charge in [0, 0.05) is 13.1 Å². The lowest BCUT2D eigenvalue weighted by molar-refractivity contribution is 0.318. The van der Waals surface area contributed by atoms with Gasteiger partial charge in [-0.05, 0) is 6.54 Å². The molecule has 0 saturated heterocycles. The Labute approximate surface area is 191 Å². The van der Waals surface area contributed by atoms with E-state index in [1.807, 2.05) is 5.32 Å². The van der Waals surface area contributed by atoms with Crippen LogP contribution in [0.5, 0.6) is 0 Å². The van der Waals surface area contributed by atoms with E-state index in [1.54, 1.807) is 10.6 Å². The highest BCUT2D eigenvalue weighted by molar-refractivity contribution is 7.71. The van der Waals surface area contributed by atoms with Crippen molar-refractivity contribution in [2.75, 3.05) is 19.6 Å². The van der Waals surface area contributed by atoms with Gasteiger partial charge in [-0.1, -0.05) is 6.92 Å². The van der Waals surface area contributed by atoms with Gasteiger partial charge in [-0.3, -0.25) is 43.3 Å². The zero-order valence-corrected chi connectivity index (χ0v) is 22.2. The molecule has 0 aromatic carbocycles. The first-order chi connectivity index (χ1) is 14.7. The molecule has 0 rings (SSSR count). The fourth-order valence-electron chi connectivity index (χ4n) is 1.89. The van der Waals surface area contributed by atoms with Gasteiger partial charge in [0.05, 0.1) is 0 Å². The maximum atomic E-state index is 10.9. The molecule has 0 aromatic heterocycles. The third-order valence-electron chi connectivity index (χ3n) is 3.08. The number of hydrogen-bond acceptors (Lipinski definition) is 9. The van der Waals surface area contributed by atoms with Crippen LogP contribution in [-0.4, -0.2) is 94.9 Å². The van der Waals surface area contributed by atoms with Crippen LogP contribution < -0.4 is 16.0 Å². The summed E-state index contributed by atoms with van der Waals surface area (Å²) in [4.78, 5) is 104. The van der Waals surface area contributed by atoms with Gasteiger partial charge in [0.25, 0.3) is 0 Å². The van der Waals surface area contributed by atoms with Crippen LogP contribution in [-0.2, 0) is 27.4 Å². The van der Waals surface area contributed by atoms with Gasteiger partial charge in [-0.15, -0.1) is 0 Å². The largest absolute Gasteiger partial charge is 0.354 e. The Kier molecular flexibility index (Phi) is 14.7. The first kappa shape index (κ1) is 36.9. The van der Waals surface area contributed by atoms with Crippen molar-refractivity contribution in [2.45, 2.75) is 23.5 Å². The number of nitrogens with one attached hydrogen (secondary N) is 3. The summed E-state index contributed by atoms with van der Waals surface area (Å²) in [6, 6.07) is 0. The maximum absolute atomic E-state index is 10.9. The van der Waals surface area contributed by atoms with E-state index in [2.05, 4.69) is 0 Å². The quantitative estimate of drug-likeness (QED) is 0.0701. The van der Waals surface area contributed by atoms with Crippen molar-refractivity contribution in [1.29, 1.82) is 0 Å². The van der Waals surface area contributed by atoms with Gasteiger partial charge in [-0.25, -0.2) is 0 Å². The van der Waals surface area contributed by atoms with E-state index < -0.39 is 75.2 Å². The van der Waals surface area contributed by atoms with Gasteiger partial charge in [-0.2, -0.15) is 0 Å². The van der Waals surface area contributed by atoms with E-state index in [-0.39, 0.29) is 6.54 Å².